The van der Waals surface area contributed by atoms with E-state index in [1.54, 1.807) is 18.2 Å². The molecule has 116 valence electrons. The second-order valence-corrected chi connectivity index (χ2v) is 7.88. The highest BCUT2D eigenvalue weighted by molar-refractivity contribution is 9.10. The SMILES string of the molecule is O=C(CNS(=O)(=O)Cc1ccccc1Br)NC1CCCC1. The highest BCUT2D eigenvalue weighted by Crippen LogP contribution is 2.18. The molecule has 0 heterocycles. The first kappa shape index (κ1) is 16.5. The number of hydrogen-bond donors (Lipinski definition) is 2. The van der Waals surface area contributed by atoms with E-state index in [9.17, 15) is 13.2 Å². The Morgan fingerprint density at radius 1 is 1.24 bits per heavy atom. The molecule has 0 aromatic heterocycles. The minimum atomic E-state index is -3.53. The first-order valence-corrected chi connectivity index (χ1v) is 9.41. The number of carbonyl (C=O) groups excluding carboxylic acids is 1. The number of hydrogen-bond acceptors (Lipinski definition) is 3. The maximum Gasteiger partial charge on any atom is 0.235 e. The van der Waals surface area contributed by atoms with E-state index in [0.29, 0.717) is 5.56 Å². The second-order valence-electron chi connectivity index (χ2n) is 5.22. The normalized spacial score (nSPS) is 16.0. The molecule has 0 atom stereocenters. The Morgan fingerprint density at radius 2 is 1.90 bits per heavy atom. The summed E-state index contributed by atoms with van der Waals surface area (Å²) in [6.45, 7) is -0.205. The Bertz CT molecular complexity index is 598. The van der Waals surface area contributed by atoms with Crippen LogP contribution < -0.4 is 10.0 Å². The van der Waals surface area contributed by atoms with E-state index in [1.807, 2.05) is 6.07 Å². The van der Waals surface area contributed by atoms with Crippen molar-refractivity contribution in [1.82, 2.24) is 10.0 Å². The quantitative estimate of drug-likeness (QED) is 0.798. The lowest BCUT2D eigenvalue weighted by atomic mass is 10.2. The number of carbonyl (C=O) groups is 1. The lowest BCUT2D eigenvalue weighted by molar-refractivity contribution is -0.120. The summed E-state index contributed by atoms with van der Waals surface area (Å²) in [6.07, 6.45) is 4.21. The molecule has 0 unspecified atom stereocenters. The topological polar surface area (TPSA) is 75.3 Å². The number of halogens is 1. The second kappa shape index (κ2) is 7.38. The number of sulfonamides is 1. The standard InChI is InChI=1S/C14H19BrN2O3S/c15-13-8-4-1-5-11(13)10-21(19,20)16-9-14(18)17-12-6-2-3-7-12/h1,4-5,8,12,16H,2-3,6-7,9-10H2,(H,17,18). The van der Waals surface area contributed by atoms with E-state index in [4.69, 9.17) is 0 Å². The molecule has 0 saturated heterocycles. The van der Waals surface area contributed by atoms with Crippen LogP contribution >= 0.6 is 15.9 Å². The van der Waals surface area contributed by atoms with Gasteiger partial charge < -0.3 is 5.32 Å². The predicted molar refractivity (Wildman–Crippen MR) is 85.2 cm³/mol. The molecule has 1 aliphatic rings. The molecule has 0 aliphatic heterocycles. The van der Waals surface area contributed by atoms with Crippen molar-refractivity contribution in [1.29, 1.82) is 0 Å². The summed E-state index contributed by atoms with van der Waals surface area (Å²) in [5.41, 5.74) is 0.668. The third kappa shape index (κ3) is 5.41. The van der Waals surface area contributed by atoms with Gasteiger partial charge in [-0.25, -0.2) is 13.1 Å². The van der Waals surface area contributed by atoms with E-state index >= 15 is 0 Å². The predicted octanol–water partition coefficient (Wildman–Crippen LogP) is 1.93. The number of rotatable bonds is 6. The maximum atomic E-state index is 12.0. The zero-order valence-electron chi connectivity index (χ0n) is 11.6. The lowest BCUT2D eigenvalue weighted by Gasteiger charge is -2.12. The molecule has 7 heteroatoms. The summed E-state index contributed by atoms with van der Waals surface area (Å²) in [5, 5.41) is 2.85. The molecule has 1 amide bonds. The fraction of sp³-hybridized carbons (Fsp3) is 0.500. The van der Waals surface area contributed by atoms with Crippen LogP contribution in [0.2, 0.25) is 0 Å². The highest BCUT2D eigenvalue weighted by Gasteiger charge is 2.19. The van der Waals surface area contributed by atoms with E-state index < -0.39 is 10.0 Å². The van der Waals surface area contributed by atoms with Crippen LogP contribution in [0.1, 0.15) is 31.2 Å². The Hall–Kier alpha value is -0.920. The molecule has 1 saturated carbocycles. The van der Waals surface area contributed by atoms with Crippen molar-refractivity contribution in [3.8, 4) is 0 Å². The van der Waals surface area contributed by atoms with E-state index in [0.717, 1.165) is 30.2 Å². The van der Waals surface area contributed by atoms with Gasteiger partial charge in [-0.3, -0.25) is 4.79 Å². The Labute approximate surface area is 133 Å². The molecule has 2 rings (SSSR count). The third-order valence-electron chi connectivity index (χ3n) is 3.48. The fourth-order valence-electron chi connectivity index (χ4n) is 2.40. The zero-order valence-corrected chi connectivity index (χ0v) is 14.0. The van der Waals surface area contributed by atoms with Crippen molar-refractivity contribution in [2.45, 2.75) is 37.5 Å². The minimum absolute atomic E-state index is 0.148. The molecule has 0 spiro atoms. The van der Waals surface area contributed by atoms with Gasteiger partial charge in [-0.05, 0) is 24.5 Å². The van der Waals surface area contributed by atoms with Gasteiger partial charge in [0.05, 0.1) is 12.3 Å². The van der Waals surface area contributed by atoms with Gasteiger partial charge in [0, 0.05) is 10.5 Å². The zero-order chi connectivity index (χ0) is 15.3. The average Bonchev–Trinajstić information content (AvgIpc) is 2.92. The third-order valence-corrected chi connectivity index (χ3v) is 5.53. The first-order valence-electron chi connectivity index (χ1n) is 6.96. The Morgan fingerprint density at radius 3 is 2.57 bits per heavy atom. The van der Waals surface area contributed by atoms with Gasteiger partial charge in [0.1, 0.15) is 0 Å². The minimum Gasteiger partial charge on any atom is -0.352 e. The average molecular weight is 375 g/mol. The molecule has 1 fully saturated rings. The van der Waals surface area contributed by atoms with Crippen LogP contribution in [0.4, 0.5) is 0 Å². The van der Waals surface area contributed by atoms with Crippen LogP contribution in [-0.2, 0) is 20.6 Å². The van der Waals surface area contributed by atoms with E-state index in [-0.39, 0.29) is 24.2 Å². The van der Waals surface area contributed by atoms with Crippen molar-refractivity contribution in [3.63, 3.8) is 0 Å². The Kier molecular flexibility index (Phi) is 5.78. The van der Waals surface area contributed by atoms with Crippen LogP contribution in [-0.4, -0.2) is 26.9 Å². The van der Waals surface area contributed by atoms with Gasteiger partial charge in [-0.15, -0.1) is 0 Å². The van der Waals surface area contributed by atoms with Gasteiger partial charge in [0.2, 0.25) is 15.9 Å². The monoisotopic (exact) mass is 374 g/mol. The van der Waals surface area contributed by atoms with Gasteiger partial charge in [-0.2, -0.15) is 0 Å². The number of amides is 1. The van der Waals surface area contributed by atoms with Crippen LogP contribution in [0.15, 0.2) is 28.7 Å². The van der Waals surface area contributed by atoms with Crippen LogP contribution in [0.25, 0.3) is 0 Å². The fourth-order valence-corrected chi connectivity index (χ4v) is 4.12. The van der Waals surface area contributed by atoms with Crippen LogP contribution in [0.3, 0.4) is 0 Å². The highest BCUT2D eigenvalue weighted by atomic mass is 79.9. The molecule has 1 aromatic carbocycles. The maximum absolute atomic E-state index is 12.0. The lowest BCUT2D eigenvalue weighted by Crippen LogP contribution is -2.41. The Balaban J connectivity index is 1.83. The van der Waals surface area contributed by atoms with Gasteiger partial charge in [0.25, 0.3) is 0 Å². The molecule has 5 nitrogen and oxygen atoms in total. The van der Waals surface area contributed by atoms with Crippen molar-refractivity contribution in [3.05, 3.63) is 34.3 Å². The van der Waals surface area contributed by atoms with Crippen LogP contribution in [0, 0.1) is 0 Å². The molecule has 1 aromatic rings. The molecule has 2 N–H and O–H groups in total. The van der Waals surface area contributed by atoms with E-state index in [1.165, 1.54) is 0 Å². The number of benzene rings is 1. The largest absolute Gasteiger partial charge is 0.352 e. The van der Waals surface area contributed by atoms with E-state index in [2.05, 4.69) is 26.0 Å². The molecule has 0 radical (unpaired) electrons. The first-order chi connectivity index (χ1) is 9.96. The van der Waals surface area contributed by atoms with Gasteiger partial charge in [0.15, 0.2) is 0 Å². The smallest absolute Gasteiger partial charge is 0.235 e. The summed E-state index contributed by atoms with van der Waals surface area (Å²) in [4.78, 5) is 11.7. The van der Waals surface area contributed by atoms with Crippen molar-refractivity contribution in [2.75, 3.05) is 6.54 Å². The van der Waals surface area contributed by atoms with Crippen LogP contribution in [0.5, 0.6) is 0 Å². The molecule has 1 aliphatic carbocycles. The van der Waals surface area contributed by atoms with Crippen molar-refractivity contribution >= 4 is 31.9 Å². The molecule has 21 heavy (non-hydrogen) atoms. The summed E-state index contributed by atoms with van der Waals surface area (Å²) in [7, 11) is -3.53. The molecular weight excluding hydrogens is 356 g/mol. The summed E-state index contributed by atoms with van der Waals surface area (Å²) >= 11 is 3.32. The van der Waals surface area contributed by atoms with Gasteiger partial charge in [-0.1, -0.05) is 47.0 Å². The summed E-state index contributed by atoms with van der Waals surface area (Å²) in [5.74, 6) is -0.414. The summed E-state index contributed by atoms with van der Waals surface area (Å²) in [6, 6.07) is 7.33. The van der Waals surface area contributed by atoms with Crippen molar-refractivity contribution in [2.24, 2.45) is 0 Å². The number of nitrogens with one attached hydrogen (secondary N) is 2. The molecule has 0 bridgehead atoms. The molecular formula is C14H19BrN2O3S. The van der Waals surface area contributed by atoms with Crippen molar-refractivity contribution < 1.29 is 13.2 Å². The summed E-state index contributed by atoms with van der Waals surface area (Å²) < 4.78 is 27.1. The van der Waals surface area contributed by atoms with Gasteiger partial charge >= 0.3 is 0 Å².